The molecule has 2 saturated heterocycles. The lowest BCUT2D eigenvalue weighted by Crippen LogP contribution is -2.51. The summed E-state index contributed by atoms with van der Waals surface area (Å²) in [6.07, 6.45) is 3.76. The number of pyridine rings is 1. The van der Waals surface area contributed by atoms with Gasteiger partial charge in [-0.25, -0.2) is 13.8 Å². The molecule has 2 aliphatic rings. The Morgan fingerprint density at radius 1 is 1.18 bits per heavy atom. The number of aromatic nitrogens is 1. The molecular formula is C22H25F2N3O. The smallest absolute Gasteiger partial charge is 0.275 e. The van der Waals surface area contributed by atoms with Crippen molar-refractivity contribution in [1.82, 2.24) is 14.8 Å². The predicted molar refractivity (Wildman–Crippen MR) is 103 cm³/mol. The summed E-state index contributed by atoms with van der Waals surface area (Å²) in [4.78, 5) is 20.4. The van der Waals surface area contributed by atoms with Crippen LogP contribution in [0.5, 0.6) is 0 Å². The van der Waals surface area contributed by atoms with Gasteiger partial charge in [-0.15, -0.1) is 0 Å². The van der Waals surface area contributed by atoms with E-state index in [4.69, 9.17) is 0 Å². The van der Waals surface area contributed by atoms with Crippen LogP contribution in [-0.4, -0.2) is 53.9 Å². The zero-order valence-corrected chi connectivity index (χ0v) is 16.1. The van der Waals surface area contributed by atoms with Crippen molar-refractivity contribution in [3.8, 4) is 0 Å². The van der Waals surface area contributed by atoms with Gasteiger partial charge in [0.05, 0.1) is 6.20 Å². The van der Waals surface area contributed by atoms with Crippen molar-refractivity contribution in [3.05, 3.63) is 65.5 Å². The molecule has 148 valence electrons. The molecule has 0 unspecified atom stereocenters. The predicted octanol–water partition coefficient (Wildman–Crippen LogP) is 3.70. The fourth-order valence-corrected chi connectivity index (χ4v) is 4.88. The van der Waals surface area contributed by atoms with Gasteiger partial charge in [-0.05, 0) is 43.2 Å². The minimum atomic E-state index is -0.896. The van der Waals surface area contributed by atoms with Gasteiger partial charge in [0, 0.05) is 32.2 Å². The van der Waals surface area contributed by atoms with Gasteiger partial charge in [0.25, 0.3) is 5.91 Å². The zero-order chi connectivity index (χ0) is 19.7. The molecule has 1 amide bonds. The van der Waals surface area contributed by atoms with E-state index in [9.17, 15) is 13.6 Å². The minimum Gasteiger partial charge on any atom is -0.337 e. The molecule has 1 spiro atoms. The van der Waals surface area contributed by atoms with Crippen molar-refractivity contribution in [2.24, 2.45) is 5.41 Å². The first-order valence-corrected chi connectivity index (χ1v) is 9.80. The van der Waals surface area contributed by atoms with Gasteiger partial charge >= 0.3 is 0 Å². The van der Waals surface area contributed by atoms with E-state index >= 15 is 0 Å². The summed E-state index contributed by atoms with van der Waals surface area (Å²) < 4.78 is 27.0. The Morgan fingerprint density at radius 2 is 1.89 bits per heavy atom. The molecule has 28 heavy (non-hydrogen) atoms. The number of carbonyl (C=O) groups is 1. The number of likely N-dealkylation sites (N-methyl/N-ethyl adjacent to an activating group) is 1. The highest BCUT2D eigenvalue weighted by Gasteiger charge is 2.42. The molecule has 3 heterocycles. The zero-order valence-electron chi connectivity index (χ0n) is 16.1. The number of halogens is 2. The summed E-state index contributed by atoms with van der Waals surface area (Å²) in [5.74, 6) is -1.63. The van der Waals surface area contributed by atoms with Gasteiger partial charge in [0.1, 0.15) is 5.82 Å². The van der Waals surface area contributed by atoms with Crippen LogP contribution in [0.25, 0.3) is 0 Å². The van der Waals surface area contributed by atoms with E-state index in [1.165, 1.54) is 5.56 Å². The molecular weight excluding hydrogens is 360 g/mol. The number of hydrogen-bond acceptors (Lipinski definition) is 3. The second-order valence-corrected chi connectivity index (χ2v) is 8.28. The van der Waals surface area contributed by atoms with Crippen LogP contribution in [0.3, 0.4) is 0 Å². The lowest BCUT2D eigenvalue weighted by molar-refractivity contribution is 0.0219. The largest absolute Gasteiger partial charge is 0.337 e. The lowest BCUT2D eigenvalue weighted by atomic mass is 9.68. The van der Waals surface area contributed by atoms with Gasteiger partial charge in [-0.3, -0.25) is 4.79 Å². The highest BCUT2D eigenvalue weighted by Crippen LogP contribution is 2.44. The van der Waals surface area contributed by atoms with Gasteiger partial charge in [-0.2, -0.15) is 0 Å². The van der Waals surface area contributed by atoms with E-state index in [1.54, 1.807) is 4.90 Å². The van der Waals surface area contributed by atoms with Crippen LogP contribution in [0.15, 0.2) is 42.6 Å². The summed E-state index contributed by atoms with van der Waals surface area (Å²) in [7, 11) is 2.16. The Morgan fingerprint density at radius 3 is 2.57 bits per heavy atom. The topological polar surface area (TPSA) is 36.4 Å². The minimum absolute atomic E-state index is 0.166. The third kappa shape index (κ3) is 3.78. The standard InChI is InChI=1S/C22H25F2N3O/c1-26-14-17(16-5-3-2-4-6-16)12-22(15-26)7-9-27(10-8-22)21(28)20-19(24)11-18(23)13-25-20/h2-6,11,13,17H,7-10,12,14-15H2,1H3/t17-/m0/s1. The highest BCUT2D eigenvalue weighted by atomic mass is 19.1. The first-order valence-electron chi connectivity index (χ1n) is 9.80. The Kier molecular flexibility index (Phi) is 5.15. The van der Waals surface area contributed by atoms with Crippen molar-refractivity contribution in [1.29, 1.82) is 0 Å². The van der Waals surface area contributed by atoms with Crippen molar-refractivity contribution in [2.75, 3.05) is 33.2 Å². The Hall–Kier alpha value is -2.34. The molecule has 4 rings (SSSR count). The summed E-state index contributed by atoms with van der Waals surface area (Å²) in [5, 5.41) is 0. The summed E-state index contributed by atoms with van der Waals surface area (Å²) in [6.45, 7) is 3.21. The average Bonchev–Trinajstić information content (AvgIpc) is 2.68. The maximum atomic E-state index is 13.9. The number of benzene rings is 1. The molecule has 1 aromatic heterocycles. The molecule has 0 radical (unpaired) electrons. The lowest BCUT2D eigenvalue weighted by Gasteiger charge is -2.49. The third-order valence-corrected chi connectivity index (χ3v) is 6.21. The van der Waals surface area contributed by atoms with E-state index in [2.05, 4.69) is 41.2 Å². The Labute approximate surface area is 164 Å². The van der Waals surface area contributed by atoms with Crippen LogP contribution in [0.1, 0.15) is 41.2 Å². The fourth-order valence-electron chi connectivity index (χ4n) is 4.88. The van der Waals surface area contributed by atoms with Crippen molar-refractivity contribution in [3.63, 3.8) is 0 Å². The van der Waals surface area contributed by atoms with E-state index in [1.807, 2.05) is 6.07 Å². The van der Waals surface area contributed by atoms with E-state index in [-0.39, 0.29) is 11.1 Å². The van der Waals surface area contributed by atoms with Crippen LogP contribution >= 0.6 is 0 Å². The Bertz CT molecular complexity index is 850. The molecule has 6 heteroatoms. The summed E-state index contributed by atoms with van der Waals surface area (Å²) in [6, 6.07) is 11.3. The highest BCUT2D eigenvalue weighted by molar-refractivity contribution is 5.92. The maximum Gasteiger partial charge on any atom is 0.275 e. The first kappa shape index (κ1) is 19.0. The third-order valence-electron chi connectivity index (χ3n) is 6.21. The number of carbonyl (C=O) groups excluding carboxylic acids is 1. The molecule has 0 aliphatic carbocycles. The number of likely N-dealkylation sites (tertiary alicyclic amines) is 2. The van der Waals surface area contributed by atoms with E-state index < -0.39 is 17.5 Å². The molecule has 2 aliphatic heterocycles. The van der Waals surface area contributed by atoms with E-state index in [0.29, 0.717) is 25.1 Å². The van der Waals surface area contributed by atoms with Crippen molar-refractivity contribution in [2.45, 2.75) is 25.2 Å². The molecule has 0 saturated carbocycles. The second kappa shape index (κ2) is 7.59. The Balaban J connectivity index is 1.45. The average molecular weight is 385 g/mol. The fraction of sp³-hybridized carbons (Fsp3) is 0.455. The summed E-state index contributed by atoms with van der Waals surface area (Å²) in [5.41, 5.74) is 1.24. The van der Waals surface area contributed by atoms with Crippen LogP contribution in [0.2, 0.25) is 0 Å². The molecule has 1 atom stereocenters. The summed E-state index contributed by atoms with van der Waals surface area (Å²) >= 11 is 0. The molecule has 4 nitrogen and oxygen atoms in total. The maximum absolute atomic E-state index is 13.9. The van der Waals surface area contributed by atoms with Crippen LogP contribution in [-0.2, 0) is 0 Å². The normalized spacial score (nSPS) is 22.4. The van der Waals surface area contributed by atoms with Crippen molar-refractivity contribution < 1.29 is 13.6 Å². The number of amides is 1. The van der Waals surface area contributed by atoms with E-state index in [0.717, 1.165) is 38.5 Å². The molecule has 1 aromatic carbocycles. The second-order valence-electron chi connectivity index (χ2n) is 8.28. The van der Waals surface area contributed by atoms with Gasteiger partial charge in [-0.1, -0.05) is 30.3 Å². The molecule has 0 N–H and O–H groups in total. The van der Waals surface area contributed by atoms with Crippen molar-refractivity contribution >= 4 is 5.91 Å². The van der Waals surface area contributed by atoms with Crippen LogP contribution in [0, 0.1) is 17.0 Å². The number of hydrogen-bond donors (Lipinski definition) is 0. The SMILES string of the molecule is CN1C[C@@H](c2ccccc2)CC2(CCN(C(=O)c3ncc(F)cc3F)CC2)C1. The molecule has 2 aromatic rings. The number of piperidine rings is 2. The van der Waals surface area contributed by atoms with Gasteiger partial charge in [0.2, 0.25) is 0 Å². The number of nitrogens with zero attached hydrogens (tertiary/aromatic N) is 3. The first-order chi connectivity index (χ1) is 13.5. The molecule has 2 fully saturated rings. The van der Waals surface area contributed by atoms with Crippen LogP contribution < -0.4 is 0 Å². The van der Waals surface area contributed by atoms with Gasteiger partial charge in [0.15, 0.2) is 11.5 Å². The quantitative estimate of drug-likeness (QED) is 0.791. The molecule has 0 bridgehead atoms. The monoisotopic (exact) mass is 385 g/mol. The van der Waals surface area contributed by atoms with Gasteiger partial charge < -0.3 is 9.80 Å². The van der Waals surface area contributed by atoms with Crippen LogP contribution in [0.4, 0.5) is 8.78 Å². The number of rotatable bonds is 2.